The van der Waals surface area contributed by atoms with Crippen LogP contribution in [0.4, 0.5) is 25.1 Å². The van der Waals surface area contributed by atoms with Gasteiger partial charge in [-0.2, -0.15) is 4.98 Å². The lowest BCUT2D eigenvalue weighted by Gasteiger charge is -2.30. The number of anilines is 2. The van der Waals surface area contributed by atoms with Crippen LogP contribution in [0.2, 0.25) is 0 Å². The molecule has 0 saturated carbocycles. The summed E-state index contributed by atoms with van der Waals surface area (Å²) in [6, 6.07) is -0.310. The molecule has 4 heterocycles. The average Bonchev–Trinajstić information content (AvgIpc) is 3.54. The van der Waals surface area contributed by atoms with E-state index in [1.54, 1.807) is 12.4 Å². The highest BCUT2D eigenvalue weighted by Crippen LogP contribution is 2.26. The standard InChI is InChI=1S/C26H34F3N7O2/c1-16(2)24-33-26(34-38-24)35-8-6-18(7-9-35)15-37-20-11-31-25(32-12-20)36-13-19(23(30)14-36)4-5-21(28)22(29)10-17(3)27/h4-5,10-12,16,18-19,23H,6-9,13-15,30H2,1-3H3/b5-4+,17-10+,22-21-/t19-,23-/m0/s1. The largest absolute Gasteiger partial charge is 0.490 e. The fourth-order valence-corrected chi connectivity index (χ4v) is 4.40. The predicted molar refractivity (Wildman–Crippen MR) is 138 cm³/mol. The monoisotopic (exact) mass is 533 g/mol. The van der Waals surface area contributed by atoms with E-state index in [0.29, 0.717) is 55.2 Å². The van der Waals surface area contributed by atoms with E-state index in [1.165, 1.54) is 6.08 Å². The lowest BCUT2D eigenvalue weighted by molar-refractivity contribution is 0.221. The molecule has 2 aromatic rings. The van der Waals surface area contributed by atoms with E-state index in [4.69, 9.17) is 15.0 Å². The summed E-state index contributed by atoms with van der Waals surface area (Å²) in [5.41, 5.74) is 6.18. The minimum Gasteiger partial charge on any atom is -0.490 e. The normalized spacial score (nSPS) is 22.1. The Morgan fingerprint density at radius 1 is 1.11 bits per heavy atom. The zero-order valence-electron chi connectivity index (χ0n) is 21.9. The maximum Gasteiger partial charge on any atom is 0.266 e. The van der Waals surface area contributed by atoms with Gasteiger partial charge in [0, 0.05) is 50.1 Å². The van der Waals surface area contributed by atoms with Crippen molar-refractivity contribution >= 4 is 11.9 Å². The molecular weight excluding hydrogens is 499 g/mol. The first-order valence-electron chi connectivity index (χ1n) is 12.8. The van der Waals surface area contributed by atoms with Crippen LogP contribution in [0.1, 0.15) is 45.4 Å². The Morgan fingerprint density at radius 3 is 2.45 bits per heavy atom. The number of piperidine rings is 1. The first kappa shape index (κ1) is 27.6. The van der Waals surface area contributed by atoms with Crippen LogP contribution in [-0.4, -0.2) is 58.9 Å². The van der Waals surface area contributed by atoms with E-state index in [9.17, 15) is 13.2 Å². The van der Waals surface area contributed by atoms with Crippen molar-refractivity contribution in [3.05, 3.63) is 54.0 Å². The van der Waals surface area contributed by atoms with Crippen molar-refractivity contribution in [2.75, 3.05) is 42.6 Å². The van der Waals surface area contributed by atoms with Crippen LogP contribution in [0.3, 0.4) is 0 Å². The van der Waals surface area contributed by atoms with Crippen molar-refractivity contribution < 1.29 is 22.4 Å². The molecule has 4 rings (SSSR count). The summed E-state index contributed by atoms with van der Waals surface area (Å²) >= 11 is 0. The molecule has 0 unspecified atom stereocenters. The van der Waals surface area contributed by atoms with E-state index in [2.05, 4.69) is 25.0 Å². The van der Waals surface area contributed by atoms with Gasteiger partial charge in [-0.15, -0.1) is 0 Å². The molecule has 2 N–H and O–H groups in total. The summed E-state index contributed by atoms with van der Waals surface area (Å²) in [6.45, 7) is 8.23. The van der Waals surface area contributed by atoms with Crippen molar-refractivity contribution in [3.8, 4) is 5.75 Å². The summed E-state index contributed by atoms with van der Waals surface area (Å²) in [6.07, 6.45) is 8.13. The zero-order chi connectivity index (χ0) is 27.2. The van der Waals surface area contributed by atoms with Crippen LogP contribution in [0.25, 0.3) is 0 Å². The number of halogens is 3. The van der Waals surface area contributed by atoms with Crippen molar-refractivity contribution in [2.24, 2.45) is 17.6 Å². The third-order valence-corrected chi connectivity index (χ3v) is 6.66. The highest BCUT2D eigenvalue weighted by atomic mass is 19.2. The third kappa shape index (κ3) is 7.12. The number of allylic oxidation sites excluding steroid dienone is 5. The molecule has 2 aliphatic heterocycles. The van der Waals surface area contributed by atoms with Crippen LogP contribution in [-0.2, 0) is 0 Å². The number of nitrogens with two attached hydrogens (primary N) is 1. The minimum atomic E-state index is -1.26. The first-order chi connectivity index (χ1) is 18.2. The van der Waals surface area contributed by atoms with Gasteiger partial charge in [-0.3, -0.25) is 0 Å². The second-order valence-corrected chi connectivity index (χ2v) is 10.1. The van der Waals surface area contributed by atoms with Gasteiger partial charge in [0.25, 0.3) is 5.95 Å². The topological polar surface area (TPSA) is 106 Å². The zero-order valence-corrected chi connectivity index (χ0v) is 21.9. The molecule has 0 spiro atoms. The van der Waals surface area contributed by atoms with Gasteiger partial charge in [0.1, 0.15) is 0 Å². The van der Waals surface area contributed by atoms with Crippen LogP contribution < -0.4 is 20.3 Å². The molecule has 0 radical (unpaired) electrons. The van der Waals surface area contributed by atoms with Gasteiger partial charge in [-0.05, 0) is 36.9 Å². The predicted octanol–water partition coefficient (Wildman–Crippen LogP) is 4.62. The molecule has 2 atom stereocenters. The van der Waals surface area contributed by atoms with E-state index >= 15 is 0 Å². The van der Waals surface area contributed by atoms with E-state index < -0.39 is 17.5 Å². The first-order valence-corrected chi connectivity index (χ1v) is 12.8. The lowest BCUT2D eigenvalue weighted by atomic mass is 9.98. The highest BCUT2D eigenvalue weighted by Gasteiger charge is 2.30. The number of hydrogen-bond donors (Lipinski definition) is 1. The number of aromatic nitrogens is 4. The smallest absolute Gasteiger partial charge is 0.266 e. The van der Waals surface area contributed by atoms with Crippen molar-refractivity contribution in [1.29, 1.82) is 0 Å². The molecule has 38 heavy (non-hydrogen) atoms. The molecule has 12 heteroatoms. The Labute approximate surface area is 220 Å². The van der Waals surface area contributed by atoms with Crippen molar-refractivity contribution in [1.82, 2.24) is 20.1 Å². The van der Waals surface area contributed by atoms with Gasteiger partial charge in [0.05, 0.1) is 24.8 Å². The molecule has 2 aliphatic rings. The SMILES string of the molecule is C\C(F)=C/C(F)=C(F)\C=C\[C@H]1CN(c2ncc(OCC3CCN(c4noc(C(C)C)n4)CC3)cn2)C[C@@H]1N. The average molecular weight is 534 g/mol. The quantitative estimate of drug-likeness (QED) is 0.462. The van der Waals surface area contributed by atoms with Gasteiger partial charge >= 0.3 is 0 Å². The summed E-state index contributed by atoms with van der Waals surface area (Å²) in [5.74, 6) is -0.501. The molecule has 2 fully saturated rings. The van der Waals surface area contributed by atoms with Gasteiger partial charge in [-0.1, -0.05) is 19.9 Å². The second-order valence-electron chi connectivity index (χ2n) is 10.1. The van der Waals surface area contributed by atoms with Crippen molar-refractivity contribution in [2.45, 2.75) is 45.6 Å². The molecule has 206 valence electrons. The Balaban J connectivity index is 1.24. The lowest BCUT2D eigenvalue weighted by Crippen LogP contribution is -2.36. The van der Waals surface area contributed by atoms with E-state index in [-0.39, 0.29) is 17.9 Å². The summed E-state index contributed by atoms with van der Waals surface area (Å²) in [4.78, 5) is 17.3. The van der Waals surface area contributed by atoms with Crippen LogP contribution in [0.5, 0.6) is 5.75 Å². The molecule has 9 nitrogen and oxygen atoms in total. The fourth-order valence-electron chi connectivity index (χ4n) is 4.40. The number of nitrogens with zero attached hydrogens (tertiary/aromatic N) is 6. The van der Waals surface area contributed by atoms with Gasteiger partial charge in [0.15, 0.2) is 17.4 Å². The number of rotatable bonds is 9. The third-order valence-electron chi connectivity index (χ3n) is 6.66. The molecular formula is C26H34F3N7O2. The maximum atomic E-state index is 13.8. The number of hydrogen-bond acceptors (Lipinski definition) is 9. The van der Waals surface area contributed by atoms with Gasteiger partial charge in [-0.25, -0.2) is 23.1 Å². The molecule has 0 bridgehead atoms. The molecule has 0 amide bonds. The fraction of sp³-hybridized carbons (Fsp3) is 0.538. The molecule has 2 saturated heterocycles. The summed E-state index contributed by atoms with van der Waals surface area (Å²) in [7, 11) is 0. The molecule has 0 aliphatic carbocycles. The Hall–Kier alpha value is -3.41. The maximum absolute atomic E-state index is 13.8. The van der Waals surface area contributed by atoms with E-state index in [0.717, 1.165) is 38.9 Å². The summed E-state index contributed by atoms with van der Waals surface area (Å²) < 4.78 is 51.4. The van der Waals surface area contributed by atoms with Crippen LogP contribution >= 0.6 is 0 Å². The van der Waals surface area contributed by atoms with Crippen LogP contribution in [0, 0.1) is 11.8 Å². The Kier molecular flexibility index (Phi) is 9.03. The van der Waals surface area contributed by atoms with Crippen molar-refractivity contribution in [3.63, 3.8) is 0 Å². The van der Waals surface area contributed by atoms with E-state index in [1.807, 2.05) is 18.7 Å². The molecule has 0 aromatic carbocycles. The highest BCUT2D eigenvalue weighted by molar-refractivity contribution is 5.36. The number of ether oxygens (including phenoxy) is 1. The minimum absolute atomic E-state index is 0.204. The summed E-state index contributed by atoms with van der Waals surface area (Å²) in [5, 5.41) is 4.09. The van der Waals surface area contributed by atoms with Gasteiger partial charge in [0.2, 0.25) is 11.8 Å². The van der Waals surface area contributed by atoms with Gasteiger partial charge < -0.3 is 24.8 Å². The molecule has 2 aromatic heterocycles. The van der Waals surface area contributed by atoms with Crippen LogP contribution in [0.15, 0.2) is 52.6 Å². The second kappa shape index (κ2) is 12.4. The Morgan fingerprint density at radius 2 is 1.82 bits per heavy atom. The Bertz CT molecular complexity index is 1150.